The summed E-state index contributed by atoms with van der Waals surface area (Å²) < 4.78 is 0. The molecule has 0 aromatic rings. The monoisotopic (exact) mass is 190 g/mol. The zero-order valence-corrected chi connectivity index (χ0v) is 8.10. The van der Waals surface area contributed by atoms with Gasteiger partial charge in [-0.2, -0.15) is 0 Å². The quantitative estimate of drug-likeness (QED) is 0.641. The van der Waals surface area contributed by atoms with E-state index in [0.717, 1.165) is 19.6 Å². The SMILES string of the molecule is CC1CNCCN1C(=O)CCCl. The van der Waals surface area contributed by atoms with Crippen LogP contribution in [-0.4, -0.2) is 42.4 Å². The lowest BCUT2D eigenvalue weighted by Gasteiger charge is -2.33. The highest BCUT2D eigenvalue weighted by Gasteiger charge is 2.21. The molecule has 1 fully saturated rings. The molecule has 0 radical (unpaired) electrons. The molecule has 1 amide bonds. The lowest BCUT2D eigenvalue weighted by molar-refractivity contribution is -0.133. The number of carbonyl (C=O) groups is 1. The predicted molar refractivity (Wildman–Crippen MR) is 49.4 cm³/mol. The molecule has 0 bridgehead atoms. The number of piperazine rings is 1. The van der Waals surface area contributed by atoms with Crippen molar-refractivity contribution in [2.75, 3.05) is 25.5 Å². The van der Waals surface area contributed by atoms with Crippen LogP contribution in [0.15, 0.2) is 0 Å². The van der Waals surface area contributed by atoms with Crippen molar-refractivity contribution in [3.8, 4) is 0 Å². The summed E-state index contributed by atoms with van der Waals surface area (Å²) in [4.78, 5) is 13.3. The van der Waals surface area contributed by atoms with Crippen LogP contribution >= 0.6 is 11.6 Å². The maximum Gasteiger partial charge on any atom is 0.224 e. The van der Waals surface area contributed by atoms with Gasteiger partial charge in [0.05, 0.1) is 0 Å². The van der Waals surface area contributed by atoms with E-state index in [1.807, 2.05) is 4.90 Å². The van der Waals surface area contributed by atoms with Crippen molar-refractivity contribution in [1.82, 2.24) is 10.2 Å². The Morgan fingerprint density at radius 3 is 3.08 bits per heavy atom. The van der Waals surface area contributed by atoms with Gasteiger partial charge in [0.1, 0.15) is 0 Å². The molecule has 1 heterocycles. The Morgan fingerprint density at radius 2 is 2.50 bits per heavy atom. The summed E-state index contributed by atoms with van der Waals surface area (Å²) in [6, 6.07) is 0.314. The molecule has 3 nitrogen and oxygen atoms in total. The van der Waals surface area contributed by atoms with Crippen LogP contribution in [0.25, 0.3) is 0 Å². The number of nitrogens with one attached hydrogen (secondary N) is 1. The topological polar surface area (TPSA) is 32.3 Å². The van der Waals surface area contributed by atoms with E-state index < -0.39 is 0 Å². The molecule has 1 rings (SSSR count). The number of hydrogen-bond acceptors (Lipinski definition) is 2. The van der Waals surface area contributed by atoms with Crippen LogP contribution in [-0.2, 0) is 4.79 Å². The summed E-state index contributed by atoms with van der Waals surface area (Å²) in [5.41, 5.74) is 0. The summed E-state index contributed by atoms with van der Waals surface area (Å²) in [5, 5.41) is 3.23. The largest absolute Gasteiger partial charge is 0.337 e. The van der Waals surface area contributed by atoms with E-state index in [1.165, 1.54) is 0 Å². The minimum atomic E-state index is 0.180. The third kappa shape index (κ3) is 2.35. The van der Waals surface area contributed by atoms with E-state index in [0.29, 0.717) is 18.3 Å². The number of carbonyl (C=O) groups excluding carboxylic acids is 1. The summed E-state index contributed by atoms with van der Waals surface area (Å²) in [6.45, 7) is 4.67. The van der Waals surface area contributed by atoms with E-state index in [9.17, 15) is 4.79 Å². The minimum absolute atomic E-state index is 0.180. The molecule has 1 aliphatic heterocycles. The number of rotatable bonds is 2. The van der Waals surface area contributed by atoms with Gasteiger partial charge in [0, 0.05) is 38.0 Å². The van der Waals surface area contributed by atoms with Gasteiger partial charge in [0.15, 0.2) is 0 Å². The number of alkyl halides is 1. The first kappa shape index (κ1) is 9.81. The van der Waals surface area contributed by atoms with Gasteiger partial charge in [-0.1, -0.05) is 0 Å². The maximum atomic E-state index is 11.4. The van der Waals surface area contributed by atoms with Gasteiger partial charge < -0.3 is 10.2 Å². The highest BCUT2D eigenvalue weighted by Crippen LogP contribution is 2.05. The number of amides is 1. The Balaban J connectivity index is 2.42. The molecule has 70 valence electrons. The molecule has 1 N–H and O–H groups in total. The number of nitrogens with zero attached hydrogens (tertiary/aromatic N) is 1. The molecule has 1 atom stereocenters. The van der Waals surface area contributed by atoms with Gasteiger partial charge in [-0.3, -0.25) is 4.79 Å². The smallest absolute Gasteiger partial charge is 0.224 e. The second kappa shape index (κ2) is 4.67. The van der Waals surface area contributed by atoms with Crippen molar-refractivity contribution in [2.24, 2.45) is 0 Å². The molecule has 1 saturated heterocycles. The van der Waals surface area contributed by atoms with Crippen LogP contribution in [0.3, 0.4) is 0 Å². The molecule has 0 spiro atoms. The molecule has 4 heteroatoms. The molecular weight excluding hydrogens is 176 g/mol. The lowest BCUT2D eigenvalue weighted by atomic mass is 10.2. The predicted octanol–water partition coefficient (Wildman–Crippen LogP) is 0.436. The van der Waals surface area contributed by atoms with Gasteiger partial charge in [-0.25, -0.2) is 0 Å². The Morgan fingerprint density at radius 1 is 1.75 bits per heavy atom. The zero-order chi connectivity index (χ0) is 8.97. The average Bonchev–Trinajstić information content (AvgIpc) is 2.05. The molecule has 1 unspecified atom stereocenters. The molecule has 1 aliphatic rings. The van der Waals surface area contributed by atoms with E-state index in [2.05, 4.69) is 12.2 Å². The summed E-state index contributed by atoms with van der Waals surface area (Å²) in [7, 11) is 0. The summed E-state index contributed by atoms with van der Waals surface area (Å²) in [6.07, 6.45) is 0.464. The van der Waals surface area contributed by atoms with Gasteiger partial charge in [0.2, 0.25) is 5.91 Å². The summed E-state index contributed by atoms with van der Waals surface area (Å²) >= 11 is 5.50. The molecule has 0 aromatic carbocycles. The van der Waals surface area contributed by atoms with Gasteiger partial charge >= 0.3 is 0 Å². The lowest BCUT2D eigenvalue weighted by Crippen LogP contribution is -2.52. The molecular formula is C8H15ClN2O. The van der Waals surface area contributed by atoms with E-state index in [4.69, 9.17) is 11.6 Å². The Kier molecular flexibility index (Phi) is 3.82. The highest BCUT2D eigenvalue weighted by atomic mass is 35.5. The third-order valence-electron chi connectivity index (χ3n) is 2.13. The van der Waals surface area contributed by atoms with Crippen molar-refractivity contribution in [3.63, 3.8) is 0 Å². The standard InChI is InChI=1S/C8H15ClN2O/c1-7-6-10-4-5-11(7)8(12)2-3-9/h7,10H,2-6H2,1H3. The number of hydrogen-bond donors (Lipinski definition) is 1. The zero-order valence-electron chi connectivity index (χ0n) is 7.35. The maximum absolute atomic E-state index is 11.4. The van der Waals surface area contributed by atoms with Gasteiger partial charge in [-0.15, -0.1) is 11.6 Å². The second-order valence-corrected chi connectivity index (χ2v) is 3.46. The van der Waals surface area contributed by atoms with Crippen molar-refractivity contribution in [3.05, 3.63) is 0 Å². The molecule has 0 aliphatic carbocycles. The first-order valence-corrected chi connectivity index (χ1v) is 4.85. The van der Waals surface area contributed by atoms with Gasteiger partial charge in [-0.05, 0) is 6.92 Å². The van der Waals surface area contributed by atoms with Crippen molar-refractivity contribution >= 4 is 17.5 Å². The van der Waals surface area contributed by atoms with Crippen LogP contribution in [0.4, 0.5) is 0 Å². The third-order valence-corrected chi connectivity index (χ3v) is 2.32. The Hall–Kier alpha value is -0.280. The van der Waals surface area contributed by atoms with E-state index in [1.54, 1.807) is 0 Å². The van der Waals surface area contributed by atoms with Crippen molar-refractivity contribution < 1.29 is 4.79 Å². The first-order chi connectivity index (χ1) is 5.75. The van der Waals surface area contributed by atoms with Crippen molar-refractivity contribution in [1.29, 1.82) is 0 Å². The van der Waals surface area contributed by atoms with Crippen molar-refractivity contribution in [2.45, 2.75) is 19.4 Å². The fourth-order valence-electron chi connectivity index (χ4n) is 1.44. The molecule has 12 heavy (non-hydrogen) atoms. The fraction of sp³-hybridized carbons (Fsp3) is 0.875. The Bertz CT molecular complexity index is 163. The van der Waals surface area contributed by atoms with E-state index in [-0.39, 0.29) is 5.91 Å². The molecule has 0 aromatic heterocycles. The van der Waals surface area contributed by atoms with Crippen LogP contribution in [0.5, 0.6) is 0 Å². The van der Waals surface area contributed by atoms with Crippen LogP contribution in [0.1, 0.15) is 13.3 Å². The minimum Gasteiger partial charge on any atom is -0.337 e. The summed E-state index contributed by atoms with van der Waals surface area (Å²) in [5.74, 6) is 0.606. The average molecular weight is 191 g/mol. The molecule has 0 saturated carbocycles. The first-order valence-electron chi connectivity index (χ1n) is 4.32. The second-order valence-electron chi connectivity index (χ2n) is 3.08. The number of halogens is 1. The Labute approximate surface area is 78.1 Å². The van der Waals surface area contributed by atoms with Crippen LogP contribution in [0.2, 0.25) is 0 Å². The van der Waals surface area contributed by atoms with Crippen LogP contribution < -0.4 is 5.32 Å². The van der Waals surface area contributed by atoms with E-state index >= 15 is 0 Å². The fourth-order valence-corrected chi connectivity index (χ4v) is 1.60. The van der Waals surface area contributed by atoms with Crippen LogP contribution in [0, 0.1) is 0 Å². The highest BCUT2D eigenvalue weighted by molar-refractivity contribution is 6.18. The van der Waals surface area contributed by atoms with Gasteiger partial charge in [0.25, 0.3) is 0 Å². The normalized spacial score (nSPS) is 24.2.